The average Bonchev–Trinajstić information content (AvgIpc) is 3.95. The Morgan fingerprint density at radius 1 is 0.266 bits per heavy atom. The minimum absolute atomic E-state index is 0.695. The smallest absolute Gasteiger partial charge is 0.159 e. The maximum Gasteiger partial charge on any atom is 0.159 e. The zero-order chi connectivity index (χ0) is 42.1. The van der Waals surface area contributed by atoms with Gasteiger partial charge >= 0.3 is 0 Å². The van der Waals surface area contributed by atoms with Crippen molar-refractivity contribution in [2.24, 2.45) is 0 Å². The third-order valence-corrected chi connectivity index (χ3v) is 15.2. The van der Waals surface area contributed by atoms with Crippen molar-refractivity contribution in [3.05, 3.63) is 219 Å². The first-order valence-corrected chi connectivity index (χ1v) is 23.2. The van der Waals surface area contributed by atoms with Gasteiger partial charge in [0.1, 0.15) is 0 Å². The summed E-state index contributed by atoms with van der Waals surface area (Å²) in [7, 11) is 0. The molecule has 0 amide bonds. The summed E-state index contributed by atoms with van der Waals surface area (Å²) in [6.45, 7) is 0. The molecule has 0 radical (unpaired) electrons. The van der Waals surface area contributed by atoms with Gasteiger partial charge in [-0.2, -0.15) is 0 Å². The molecule has 0 N–H and O–H groups in total. The van der Waals surface area contributed by atoms with Crippen LogP contribution >= 0.6 is 22.7 Å². The first kappa shape index (κ1) is 36.9. The van der Waals surface area contributed by atoms with Gasteiger partial charge in [-0.25, -0.2) is 9.97 Å². The fourth-order valence-corrected chi connectivity index (χ4v) is 12.1. The standard InChI is InChI=1S/C60H36N2S2/c1-2-15-46-41(12-1)34-55(50-17-4-3-16-49(46)50)40-14-9-13-39(30-40)43-31-42(37-26-28-38(29-27-37)47-20-10-22-53-51-18-5-7-24-56(51)63-58(47)53)32-44(33-43)60-61-35-45(36-62-60)48-21-11-23-54-52-19-6-8-25-57(52)64-59(48)54/h1-36H. The Labute approximate surface area is 378 Å². The molecule has 0 aliphatic rings. The third kappa shape index (κ3) is 6.14. The molecule has 0 atom stereocenters. The van der Waals surface area contributed by atoms with Crippen molar-refractivity contribution in [1.82, 2.24) is 9.97 Å². The molecular weight excluding hydrogens is 813 g/mol. The lowest BCUT2D eigenvalue weighted by Crippen LogP contribution is -1.93. The van der Waals surface area contributed by atoms with Gasteiger partial charge in [0.15, 0.2) is 5.82 Å². The van der Waals surface area contributed by atoms with E-state index in [9.17, 15) is 0 Å². The maximum atomic E-state index is 5.08. The first-order chi connectivity index (χ1) is 31.7. The SMILES string of the molecule is c1cc(-c2cc(-c3ccc(-c4cccc5c4sc4ccccc45)cc3)cc(-c3ncc(-c4cccc5c4sc4ccccc45)cn3)c2)cc(-c2cc3ccccc3c3ccccc23)c1. The Morgan fingerprint density at radius 2 is 0.750 bits per heavy atom. The monoisotopic (exact) mass is 848 g/mol. The van der Waals surface area contributed by atoms with E-state index in [1.807, 2.05) is 35.1 Å². The van der Waals surface area contributed by atoms with E-state index in [0.29, 0.717) is 5.82 Å². The molecule has 3 aromatic heterocycles. The quantitative estimate of drug-likeness (QED) is 0.156. The van der Waals surface area contributed by atoms with Crippen LogP contribution in [0.5, 0.6) is 0 Å². The summed E-state index contributed by atoms with van der Waals surface area (Å²) < 4.78 is 5.19. The van der Waals surface area contributed by atoms with Crippen molar-refractivity contribution < 1.29 is 0 Å². The van der Waals surface area contributed by atoms with Crippen molar-refractivity contribution in [3.8, 4) is 67.0 Å². The molecule has 0 bridgehead atoms. The number of benzene rings is 10. The minimum Gasteiger partial charge on any atom is -0.236 e. The molecule has 0 unspecified atom stereocenters. The van der Waals surface area contributed by atoms with Crippen molar-refractivity contribution >= 4 is 84.6 Å². The second kappa shape index (κ2) is 15.0. The van der Waals surface area contributed by atoms with Crippen molar-refractivity contribution in [1.29, 1.82) is 0 Å². The number of hydrogen-bond acceptors (Lipinski definition) is 4. The highest BCUT2D eigenvalue weighted by Crippen LogP contribution is 2.43. The van der Waals surface area contributed by atoms with E-state index in [2.05, 4.69) is 206 Å². The zero-order valence-corrected chi connectivity index (χ0v) is 36.1. The normalized spacial score (nSPS) is 11.8. The number of fused-ring (bicyclic) bond motifs is 9. The average molecular weight is 849 g/mol. The molecular formula is C60H36N2S2. The Hall–Kier alpha value is -7.76. The number of hydrogen-bond donors (Lipinski definition) is 0. The third-order valence-electron chi connectivity index (χ3n) is 12.8. The fourth-order valence-electron chi connectivity index (χ4n) is 9.66. The van der Waals surface area contributed by atoms with Crippen LogP contribution in [0.15, 0.2) is 219 Å². The Balaban J connectivity index is 0.935. The molecule has 10 aromatic carbocycles. The fraction of sp³-hybridized carbons (Fsp3) is 0. The number of thiophene rings is 2. The van der Waals surface area contributed by atoms with Gasteiger partial charge in [-0.1, -0.05) is 164 Å². The van der Waals surface area contributed by atoms with Crippen LogP contribution in [0.3, 0.4) is 0 Å². The van der Waals surface area contributed by atoms with E-state index in [0.717, 1.165) is 38.9 Å². The summed E-state index contributed by atoms with van der Waals surface area (Å²) in [5, 5.41) is 10.2. The minimum atomic E-state index is 0.695. The predicted molar refractivity (Wildman–Crippen MR) is 275 cm³/mol. The van der Waals surface area contributed by atoms with E-state index >= 15 is 0 Å². The van der Waals surface area contributed by atoms with E-state index in [-0.39, 0.29) is 0 Å². The second-order valence-electron chi connectivity index (χ2n) is 16.5. The van der Waals surface area contributed by atoms with Crippen LogP contribution in [-0.4, -0.2) is 9.97 Å². The molecule has 64 heavy (non-hydrogen) atoms. The molecule has 2 nitrogen and oxygen atoms in total. The van der Waals surface area contributed by atoms with E-state index in [4.69, 9.17) is 9.97 Å². The topological polar surface area (TPSA) is 25.8 Å². The first-order valence-electron chi connectivity index (χ1n) is 21.6. The van der Waals surface area contributed by atoms with Crippen LogP contribution in [0.25, 0.3) is 129 Å². The van der Waals surface area contributed by atoms with Gasteiger partial charge in [-0.15, -0.1) is 22.7 Å². The van der Waals surface area contributed by atoms with Gasteiger partial charge in [-0.3, -0.25) is 0 Å². The number of aromatic nitrogens is 2. The maximum absolute atomic E-state index is 5.08. The molecule has 0 saturated heterocycles. The van der Waals surface area contributed by atoms with E-state index in [1.165, 1.54) is 84.1 Å². The summed E-state index contributed by atoms with van der Waals surface area (Å²) in [5.74, 6) is 0.695. The van der Waals surface area contributed by atoms with Crippen LogP contribution < -0.4 is 0 Å². The lowest BCUT2D eigenvalue weighted by Gasteiger charge is -2.14. The van der Waals surface area contributed by atoms with Crippen LogP contribution in [0.4, 0.5) is 0 Å². The highest BCUT2D eigenvalue weighted by Gasteiger charge is 2.16. The van der Waals surface area contributed by atoms with E-state index < -0.39 is 0 Å². The summed E-state index contributed by atoms with van der Waals surface area (Å²) in [6.07, 6.45) is 3.98. The van der Waals surface area contributed by atoms with Crippen molar-refractivity contribution in [2.75, 3.05) is 0 Å². The highest BCUT2D eigenvalue weighted by atomic mass is 32.1. The Kier molecular flexibility index (Phi) is 8.61. The van der Waals surface area contributed by atoms with Crippen LogP contribution in [-0.2, 0) is 0 Å². The summed E-state index contributed by atoms with van der Waals surface area (Å²) >= 11 is 3.70. The lowest BCUT2D eigenvalue weighted by atomic mass is 9.90. The molecule has 0 spiro atoms. The largest absolute Gasteiger partial charge is 0.236 e. The van der Waals surface area contributed by atoms with Crippen molar-refractivity contribution in [3.63, 3.8) is 0 Å². The number of nitrogens with zero attached hydrogens (tertiary/aromatic N) is 2. The summed E-state index contributed by atoms with van der Waals surface area (Å²) in [5.41, 5.74) is 12.5. The summed E-state index contributed by atoms with van der Waals surface area (Å²) in [4.78, 5) is 10.2. The van der Waals surface area contributed by atoms with Gasteiger partial charge < -0.3 is 0 Å². The molecule has 0 saturated carbocycles. The molecule has 0 fully saturated rings. The van der Waals surface area contributed by atoms with Gasteiger partial charge in [0.25, 0.3) is 0 Å². The summed E-state index contributed by atoms with van der Waals surface area (Å²) in [6, 6.07) is 75.2. The molecule has 13 aromatic rings. The molecule has 298 valence electrons. The molecule has 3 heterocycles. The highest BCUT2D eigenvalue weighted by molar-refractivity contribution is 7.26. The molecule has 0 aliphatic heterocycles. The lowest BCUT2D eigenvalue weighted by molar-refractivity contribution is 1.18. The van der Waals surface area contributed by atoms with E-state index in [1.54, 1.807) is 0 Å². The number of rotatable bonds is 6. The van der Waals surface area contributed by atoms with Crippen LogP contribution in [0.2, 0.25) is 0 Å². The van der Waals surface area contributed by atoms with Crippen LogP contribution in [0, 0.1) is 0 Å². The predicted octanol–water partition coefficient (Wildman–Crippen LogP) is 17.5. The van der Waals surface area contributed by atoms with Gasteiger partial charge in [0.2, 0.25) is 0 Å². The molecule has 0 aliphatic carbocycles. The van der Waals surface area contributed by atoms with Gasteiger partial charge in [0, 0.05) is 69.4 Å². The van der Waals surface area contributed by atoms with Gasteiger partial charge in [-0.05, 0) is 109 Å². The van der Waals surface area contributed by atoms with Crippen LogP contribution in [0.1, 0.15) is 0 Å². The van der Waals surface area contributed by atoms with Gasteiger partial charge in [0.05, 0.1) is 0 Å². The molecule has 4 heteroatoms. The Morgan fingerprint density at radius 3 is 1.44 bits per heavy atom. The Bertz CT molecular complexity index is 3780. The zero-order valence-electron chi connectivity index (χ0n) is 34.5. The van der Waals surface area contributed by atoms with Crippen molar-refractivity contribution in [2.45, 2.75) is 0 Å². The second-order valence-corrected chi connectivity index (χ2v) is 18.6. The molecule has 13 rings (SSSR count).